The number of benzene rings is 1. The highest BCUT2D eigenvalue weighted by molar-refractivity contribution is 7.17. The van der Waals surface area contributed by atoms with Crippen molar-refractivity contribution in [3.8, 4) is 0 Å². The quantitative estimate of drug-likeness (QED) is 0.866. The maximum atomic E-state index is 5.78. The molecule has 1 atom stereocenters. The Kier molecular flexibility index (Phi) is 4.75. The molecule has 2 nitrogen and oxygen atoms in total. The summed E-state index contributed by atoms with van der Waals surface area (Å²) in [7, 11) is 2.18. The first-order valence-corrected chi connectivity index (χ1v) is 7.44. The van der Waals surface area contributed by atoms with Gasteiger partial charge in [-0.3, -0.25) is 0 Å². The van der Waals surface area contributed by atoms with Gasteiger partial charge in [0.15, 0.2) is 0 Å². The minimum atomic E-state index is 0.300. The van der Waals surface area contributed by atoms with Gasteiger partial charge in [-0.2, -0.15) is 0 Å². The summed E-state index contributed by atoms with van der Waals surface area (Å²) in [6.07, 6.45) is 2.19. The molecule has 3 heteroatoms. The number of thiophene rings is 1. The summed E-state index contributed by atoms with van der Waals surface area (Å²) in [4.78, 5) is 2.37. The third-order valence-corrected chi connectivity index (χ3v) is 4.30. The van der Waals surface area contributed by atoms with Crippen LogP contribution in [0.25, 0.3) is 10.1 Å². The van der Waals surface area contributed by atoms with Crippen molar-refractivity contribution in [3.05, 3.63) is 35.2 Å². The van der Waals surface area contributed by atoms with Gasteiger partial charge in [0.05, 0.1) is 0 Å². The minimum absolute atomic E-state index is 0.300. The zero-order valence-electron chi connectivity index (χ0n) is 11.2. The van der Waals surface area contributed by atoms with Crippen LogP contribution in [0, 0.1) is 0 Å². The average molecular weight is 262 g/mol. The number of nitrogens with two attached hydrogens (primary N) is 1. The van der Waals surface area contributed by atoms with Crippen LogP contribution in [0.3, 0.4) is 0 Å². The Hall–Kier alpha value is -0.900. The molecule has 2 rings (SSSR count). The predicted octanol–water partition coefficient (Wildman–Crippen LogP) is 3.11. The van der Waals surface area contributed by atoms with E-state index in [1.54, 1.807) is 0 Å². The smallest absolute Gasteiger partial charge is 0.0345 e. The van der Waals surface area contributed by atoms with Crippen LogP contribution in [0.2, 0.25) is 0 Å². The first-order valence-electron chi connectivity index (χ1n) is 6.56. The van der Waals surface area contributed by atoms with E-state index in [2.05, 4.69) is 48.5 Å². The fourth-order valence-corrected chi connectivity index (χ4v) is 3.07. The monoisotopic (exact) mass is 262 g/mol. The normalized spacial score (nSPS) is 13.3. The van der Waals surface area contributed by atoms with E-state index in [1.807, 2.05) is 11.3 Å². The van der Waals surface area contributed by atoms with Crippen LogP contribution < -0.4 is 5.73 Å². The predicted molar refractivity (Wildman–Crippen MR) is 81.3 cm³/mol. The fourth-order valence-electron chi connectivity index (χ4n) is 2.07. The zero-order valence-corrected chi connectivity index (χ0v) is 12.0. The molecule has 2 aromatic rings. The van der Waals surface area contributed by atoms with Gasteiger partial charge in [0.2, 0.25) is 0 Å². The van der Waals surface area contributed by atoms with Crippen LogP contribution in [-0.2, 0) is 6.42 Å². The Bertz CT molecular complexity index is 490. The molecule has 0 aliphatic carbocycles. The molecule has 0 aliphatic rings. The topological polar surface area (TPSA) is 29.3 Å². The molecule has 0 amide bonds. The summed E-state index contributed by atoms with van der Waals surface area (Å²) in [5, 5.41) is 3.72. The number of rotatable bonds is 6. The molecule has 0 fully saturated rings. The summed E-state index contributed by atoms with van der Waals surface area (Å²) in [5.74, 6) is 0. The van der Waals surface area contributed by atoms with E-state index >= 15 is 0 Å². The van der Waals surface area contributed by atoms with Crippen molar-refractivity contribution in [1.29, 1.82) is 0 Å². The summed E-state index contributed by atoms with van der Waals surface area (Å²) in [6, 6.07) is 8.96. The molecule has 0 spiro atoms. The number of hydrogen-bond donors (Lipinski definition) is 1. The molecule has 0 saturated heterocycles. The van der Waals surface area contributed by atoms with Crippen molar-refractivity contribution in [1.82, 2.24) is 4.90 Å². The summed E-state index contributed by atoms with van der Waals surface area (Å²) in [5.41, 5.74) is 7.26. The number of fused-ring (bicyclic) bond motifs is 1. The standard InChI is InChI=1S/C15H22N2S/c1-12(16)7-9-17(2)10-8-13-11-18-15-6-4-3-5-14(13)15/h3-6,11-12H,7-10,16H2,1-2H3. The molecule has 18 heavy (non-hydrogen) atoms. The molecule has 98 valence electrons. The van der Waals surface area contributed by atoms with Gasteiger partial charge in [0.1, 0.15) is 0 Å². The Morgan fingerprint density at radius 2 is 2.06 bits per heavy atom. The van der Waals surface area contributed by atoms with Crippen LogP contribution in [-0.4, -0.2) is 31.1 Å². The molecule has 1 aromatic heterocycles. The Balaban J connectivity index is 1.90. The van der Waals surface area contributed by atoms with Crippen LogP contribution >= 0.6 is 11.3 Å². The lowest BCUT2D eigenvalue weighted by molar-refractivity contribution is 0.325. The molecule has 0 saturated carbocycles. The van der Waals surface area contributed by atoms with Gasteiger partial charge in [0.25, 0.3) is 0 Å². The Morgan fingerprint density at radius 3 is 2.83 bits per heavy atom. The molecular weight excluding hydrogens is 240 g/mol. The zero-order chi connectivity index (χ0) is 13.0. The van der Waals surface area contributed by atoms with Gasteiger partial charge >= 0.3 is 0 Å². The first kappa shape index (κ1) is 13.5. The van der Waals surface area contributed by atoms with Crippen LogP contribution in [0.15, 0.2) is 29.6 Å². The van der Waals surface area contributed by atoms with E-state index in [4.69, 9.17) is 5.73 Å². The first-order chi connectivity index (χ1) is 8.66. The molecular formula is C15H22N2S. The maximum absolute atomic E-state index is 5.78. The summed E-state index contributed by atoms with van der Waals surface area (Å²) >= 11 is 1.85. The van der Waals surface area contributed by atoms with Gasteiger partial charge in [-0.25, -0.2) is 0 Å². The second-order valence-electron chi connectivity index (χ2n) is 5.08. The highest BCUT2D eigenvalue weighted by atomic mass is 32.1. The van der Waals surface area contributed by atoms with Crippen LogP contribution in [0.5, 0.6) is 0 Å². The molecule has 1 heterocycles. The van der Waals surface area contributed by atoms with E-state index < -0.39 is 0 Å². The lowest BCUT2D eigenvalue weighted by Gasteiger charge is -2.17. The van der Waals surface area contributed by atoms with E-state index in [0.29, 0.717) is 6.04 Å². The van der Waals surface area contributed by atoms with E-state index in [-0.39, 0.29) is 0 Å². The van der Waals surface area contributed by atoms with Crippen molar-refractivity contribution in [3.63, 3.8) is 0 Å². The largest absolute Gasteiger partial charge is 0.328 e. The lowest BCUT2D eigenvalue weighted by atomic mass is 10.1. The van der Waals surface area contributed by atoms with Crippen molar-refractivity contribution in [2.24, 2.45) is 5.73 Å². The highest BCUT2D eigenvalue weighted by Crippen LogP contribution is 2.25. The van der Waals surface area contributed by atoms with E-state index in [1.165, 1.54) is 15.6 Å². The van der Waals surface area contributed by atoms with Crippen LogP contribution in [0.4, 0.5) is 0 Å². The minimum Gasteiger partial charge on any atom is -0.328 e. The van der Waals surface area contributed by atoms with Gasteiger partial charge < -0.3 is 10.6 Å². The van der Waals surface area contributed by atoms with Crippen LogP contribution in [0.1, 0.15) is 18.9 Å². The molecule has 1 aromatic carbocycles. The van der Waals surface area contributed by atoms with Gasteiger partial charge in [-0.1, -0.05) is 18.2 Å². The number of nitrogens with zero attached hydrogens (tertiary/aromatic N) is 1. The van der Waals surface area contributed by atoms with Crippen molar-refractivity contribution in [2.75, 3.05) is 20.1 Å². The lowest BCUT2D eigenvalue weighted by Crippen LogP contribution is -2.27. The molecule has 1 unspecified atom stereocenters. The number of hydrogen-bond acceptors (Lipinski definition) is 3. The third kappa shape index (κ3) is 3.55. The maximum Gasteiger partial charge on any atom is 0.0345 e. The van der Waals surface area contributed by atoms with Crippen molar-refractivity contribution < 1.29 is 0 Å². The third-order valence-electron chi connectivity index (χ3n) is 3.29. The Labute approximate surface area is 113 Å². The SMILES string of the molecule is CC(N)CCN(C)CCc1csc2ccccc12. The Morgan fingerprint density at radius 1 is 1.28 bits per heavy atom. The van der Waals surface area contributed by atoms with E-state index in [0.717, 1.165) is 25.9 Å². The fraction of sp³-hybridized carbons (Fsp3) is 0.467. The molecule has 0 aliphatic heterocycles. The van der Waals surface area contributed by atoms with Crippen molar-refractivity contribution in [2.45, 2.75) is 25.8 Å². The summed E-state index contributed by atoms with van der Waals surface area (Å²) < 4.78 is 1.39. The van der Waals surface area contributed by atoms with Crippen molar-refractivity contribution >= 4 is 21.4 Å². The molecule has 0 bridgehead atoms. The van der Waals surface area contributed by atoms with E-state index in [9.17, 15) is 0 Å². The van der Waals surface area contributed by atoms with Gasteiger partial charge in [-0.05, 0) is 55.8 Å². The average Bonchev–Trinajstić information content (AvgIpc) is 2.77. The highest BCUT2D eigenvalue weighted by Gasteiger charge is 2.05. The molecule has 0 radical (unpaired) electrons. The second kappa shape index (κ2) is 6.32. The molecule has 2 N–H and O–H groups in total. The second-order valence-corrected chi connectivity index (χ2v) is 5.99. The van der Waals surface area contributed by atoms with Gasteiger partial charge in [-0.15, -0.1) is 11.3 Å². The number of likely N-dealkylation sites (N-methyl/N-ethyl adjacent to an activating group) is 1. The van der Waals surface area contributed by atoms with Gasteiger partial charge in [0, 0.05) is 17.3 Å². The summed E-state index contributed by atoms with van der Waals surface area (Å²) in [6.45, 7) is 4.26.